The van der Waals surface area contributed by atoms with Crippen molar-refractivity contribution in [2.75, 3.05) is 5.32 Å². The molecule has 2 rings (SSSR count). The van der Waals surface area contributed by atoms with Gasteiger partial charge in [0.1, 0.15) is 10.7 Å². The lowest BCUT2D eigenvalue weighted by Crippen LogP contribution is -2.08. The molecule has 0 heterocycles. The van der Waals surface area contributed by atoms with E-state index in [1.165, 1.54) is 26.0 Å². The molecule has 0 aliphatic carbocycles. The molecule has 26 heavy (non-hydrogen) atoms. The lowest BCUT2D eigenvalue weighted by atomic mass is 10.1. The first kappa shape index (κ1) is 19.6. The minimum absolute atomic E-state index is 0.0744. The van der Waals surface area contributed by atoms with Gasteiger partial charge in [0.05, 0.1) is 0 Å². The zero-order valence-corrected chi connectivity index (χ0v) is 15.2. The van der Waals surface area contributed by atoms with Gasteiger partial charge in [0.25, 0.3) is 10.1 Å². The fraction of sp³-hybridized carbons (Fsp3) is 0.158. The lowest BCUT2D eigenvalue weighted by Gasteiger charge is -2.07. The normalized spacial score (nSPS) is 11.5. The van der Waals surface area contributed by atoms with E-state index in [9.17, 15) is 22.6 Å². The summed E-state index contributed by atoms with van der Waals surface area (Å²) >= 11 is 0. The number of hydrogen-bond acceptors (Lipinski definition) is 4. The van der Waals surface area contributed by atoms with Crippen molar-refractivity contribution in [2.24, 2.45) is 0 Å². The summed E-state index contributed by atoms with van der Waals surface area (Å²) in [6.45, 7) is 2.83. The smallest absolute Gasteiger partial charge is 0.295 e. The van der Waals surface area contributed by atoms with Crippen LogP contribution in [0.15, 0.2) is 47.4 Å². The molecular weight excluding hydrogens is 354 g/mol. The number of carbonyl (C=O) groups is 2. The van der Waals surface area contributed by atoms with Gasteiger partial charge >= 0.3 is 0 Å². The molecule has 0 aliphatic rings. The zero-order valence-electron chi connectivity index (χ0n) is 14.4. The molecule has 2 N–H and O–H groups in total. The van der Waals surface area contributed by atoms with Gasteiger partial charge in [-0.2, -0.15) is 8.42 Å². The maximum absolute atomic E-state index is 11.6. The van der Waals surface area contributed by atoms with Crippen molar-refractivity contribution in [1.82, 2.24) is 0 Å². The quantitative estimate of drug-likeness (QED) is 0.598. The van der Waals surface area contributed by atoms with E-state index in [0.717, 1.165) is 11.1 Å². The molecule has 2 aromatic rings. The molecule has 0 saturated carbocycles. The molecule has 0 spiro atoms. The van der Waals surface area contributed by atoms with Gasteiger partial charge in [-0.1, -0.05) is 42.5 Å². The zero-order chi connectivity index (χ0) is 19.3. The van der Waals surface area contributed by atoms with Crippen LogP contribution in [0.1, 0.15) is 30.5 Å². The minimum Gasteiger partial charge on any atom is -0.326 e. The highest BCUT2D eigenvalue weighted by atomic mass is 32.2. The summed E-state index contributed by atoms with van der Waals surface area (Å²) < 4.78 is 32.7. The summed E-state index contributed by atoms with van der Waals surface area (Å²) in [5.41, 5.74) is 2.27. The summed E-state index contributed by atoms with van der Waals surface area (Å²) in [7, 11) is -4.46. The molecule has 0 atom stereocenters. The summed E-state index contributed by atoms with van der Waals surface area (Å²) in [6, 6.07) is 11.5. The van der Waals surface area contributed by atoms with E-state index in [-0.39, 0.29) is 27.8 Å². The molecule has 6 nitrogen and oxygen atoms in total. The second kappa shape index (κ2) is 8.07. The molecule has 1 amide bonds. The van der Waals surface area contributed by atoms with Gasteiger partial charge in [0, 0.05) is 19.0 Å². The van der Waals surface area contributed by atoms with Crippen LogP contribution in [0.5, 0.6) is 0 Å². The first-order valence-corrected chi connectivity index (χ1v) is 9.25. The topological polar surface area (TPSA) is 101 Å². The highest BCUT2D eigenvalue weighted by molar-refractivity contribution is 7.86. The third kappa shape index (κ3) is 5.65. The lowest BCUT2D eigenvalue weighted by molar-refractivity contribution is -0.116. The van der Waals surface area contributed by atoms with Crippen LogP contribution < -0.4 is 5.32 Å². The van der Waals surface area contributed by atoms with Crippen LogP contribution >= 0.6 is 0 Å². The van der Waals surface area contributed by atoms with Gasteiger partial charge in [0.2, 0.25) is 5.91 Å². The molecule has 0 radical (unpaired) electrons. The largest absolute Gasteiger partial charge is 0.326 e. The molecule has 0 unspecified atom stereocenters. The average molecular weight is 373 g/mol. The second-order valence-electron chi connectivity index (χ2n) is 5.86. The Morgan fingerprint density at radius 1 is 1.04 bits per heavy atom. The average Bonchev–Trinajstić information content (AvgIpc) is 2.53. The van der Waals surface area contributed by atoms with Crippen LogP contribution in [0.4, 0.5) is 5.69 Å². The number of anilines is 1. The molecule has 136 valence electrons. The summed E-state index contributed by atoms with van der Waals surface area (Å²) in [4.78, 5) is 21.9. The Kier molecular flexibility index (Phi) is 6.07. The number of ketones is 1. The number of amides is 1. The monoisotopic (exact) mass is 373 g/mol. The van der Waals surface area contributed by atoms with E-state index >= 15 is 0 Å². The van der Waals surface area contributed by atoms with Gasteiger partial charge < -0.3 is 5.32 Å². The Morgan fingerprint density at radius 2 is 1.69 bits per heavy atom. The molecule has 0 aliphatic heterocycles. The Bertz CT molecular complexity index is 960. The van der Waals surface area contributed by atoms with E-state index in [4.69, 9.17) is 0 Å². The van der Waals surface area contributed by atoms with Gasteiger partial charge in [-0.05, 0) is 35.7 Å². The van der Waals surface area contributed by atoms with E-state index in [2.05, 4.69) is 5.32 Å². The van der Waals surface area contributed by atoms with Crippen LogP contribution in [-0.4, -0.2) is 24.7 Å². The van der Waals surface area contributed by atoms with E-state index in [0.29, 0.717) is 6.42 Å². The van der Waals surface area contributed by atoms with E-state index in [1.807, 2.05) is 24.3 Å². The number of hydrogen-bond donors (Lipinski definition) is 2. The fourth-order valence-corrected chi connectivity index (χ4v) is 3.11. The molecule has 0 saturated heterocycles. The van der Waals surface area contributed by atoms with Crippen molar-refractivity contribution in [2.45, 2.75) is 25.2 Å². The van der Waals surface area contributed by atoms with Crippen LogP contribution in [0, 0.1) is 0 Å². The van der Waals surface area contributed by atoms with Crippen molar-refractivity contribution in [3.8, 4) is 0 Å². The Hall–Kier alpha value is -2.77. The van der Waals surface area contributed by atoms with Crippen molar-refractivity contribution in [1.29, 1.82) is 0 Å². The van der Waals surface area contributed by atoms with Crippen molar-refractivity contribution >= 4 is 39.6 Å². The second-order valence-corrected chi connectivity index (χ2v) is 7.25. The maximum atomic E-state index is 11.6. The number of rotatable bonds is 6. The van der Waals surface area contributed by atoms with Crippen molar-refractivity contribution in [3.63, 3.8) is 0 Å². The molecule has 2 aromatic carbocycles. The summed E-state index contributed by atoms with van der Waals surface area (Å²) in [5, 5.41) is 2.47. The predicted octanol–water partition coefficient (Wildman–Crippen LogP) is 3.19. The van der Waals surface area contributed by atoms with Gasteiger partial charge in [0.15, 0.2) is 0 Å². The number of Topliss-reactive ketones (excluding diaryl/α,β-unsaturated/α-hetero) is 1. The Morgan fingerprint density at radius 3 is 2.23 bits per heavy atom. The van der Waals surface area contributed by atoms with Crippen molar-refractivity contribution in [3.05, 3.63) is 59.2 Å². The van der Waals surface area contributed by atoms with Crippen LogP contribution in [0.25, 0.3) is 12.2 Å². The number of nitrogens with one attached hydrogen (secondary N) is 1. The number of carbonyl (C=O) groups excluding carboxylic acids is 2. The first-order chi connectivity index (χ1) is 12.1. The van der Waals surface area contributed by atoms with Gasteiger partial charge in [-0.15, -0.1) is 0 Å². The third-order valence-electron chi connectivity index (χ3n) is 3.50. The van der Waals surface area contributed by atoms with Gasteiger partial charge in [-0.25, -0.2) is 0 Å². The van der Waals surface area contributed by atoms with Gasteiger partial charge in [-0.3, -0.25) is 14.1 Å². The molecular formula is C19H19NO5S. The van der Waals surface area contributed by atoms with Crippen LogP contribution in [0.2, 0.25) is 0 Å². The molecule has 0 bridgehead atoms. The van der Waals surface area contributed by atoms with E-state index < -0.39 is 10.1 Å². The minimum atomic E-state index is -4.46. The first-order valence-electron chi connectivity index (χ1n) is 7.81. The molecule has 0 aromatic heterocycles. The fourth-order valence-electron chi connectivity index (χ4n) is 2.40. The molecule has 7 heteroatoms. The highest BCUT2D eigenvalue weighted by Gasteiger charge is 2.15. The SMILES string of the molecule is CC(=O)Cc1ccc(/C=C/c2ccc(NC(C)=O)cc2S(=O)(=O)O)cc1. The highest BCUT2D eigenvalue weighted by Crippen LogP contribution is 2.23. The summed E-state index contributed by atoms with van der Waals surface area (Å²) in [6.07, 6.45) is 3.61. The predicted molar refractivity (Wildman–Crippen MR) is 100 cm³/mol. The van der Waals surface area contributed by atoms with Crippen LogP contribution in [-0.2, 0) is 26.1 Å². The molecule has 0 fully saturated rings. The maximum Gasteiger partial charge on any atom is 0.295 e. The van der Waals surface area contributed by atoms with Crippen LogP contribution in [0.3, 0.4) is 0 Å². The Labute approximate surface area is 152 Å². The standard InChI is InChI=1S/C19H19NO5S/c1-13(21)11-16-5-3-15(4-6-16)7-8-17-9-10-18(20-14(2)22)12-19(17)26(23,24)25/h3-10,12H,11H2,1-2H3,(H,20,22)(H,23,24,25)/b8-7+. The third-order valence-corrected chi connectivity index (χ3v) is 4.41. The number of benzene rings is 2. The Balaban J connectivity index is 2.31. The summed E-state index contributed by atoms with van der Waals surface area (Å²) in [5.74, 6) is -0.273. The van der Waals surface area contributed by atoms with E-state index in [1.54, 1.807) is 18.2 Å². The van der Waals surface area contributed by atoms with Crippen molar-refractivity contribution < 1.29 is 22.6 Å².